The summed E-state index contributed by atoms with van der Waals surface area (Å²) in [6, 6.07) is 0. The van der Waals surface area contributed by atoms with Gasteiger partial charge in [0.2, 0.25) is 5.91 Å². The van der Waals surface area contributed by atoms with Crippen LogP contribution in [0.25, 0.3) is 0 Å². The molecular formula is C11H25N3O. The predicted molar refractivity (Wildman–Crippen MR) is 63.7 cm³/mol. The van der Waals surface area contributed by atoms with E-state index in [1.165, 1.54) is 0 Å². The number of hydrogen-bond acceptors (Lipinski definition) is 3. The van der Waals surface area contributed by atoms with E-state index in [0.29, 0.717) is 0 Å². The normalized spacial score (nSPS) is 15.3. The van der Waals surface area contributed by atoms with Gasteiger partial charge in [0.05, 0.1) is 5.54 Å². The summed E-state index contributed by atoms with van der Waals surface area (Å²) in [6.07, 6.45) is 2.93. The number of hydrogen-bond donors (Lipinski definition) is 2. The van der Waals surface area contributed by atoms with Gasteiger partial charge in [-0.3, -0.25) is 4.79 Å². The van der Waals surface area contributed by atoms with Gasteiger partial charge in [0.25, 0.3) is 0 Å². The molecule has 1 atom stereocenters. The zero-order valence-electron chi connectivity index (χ0n) is 10.5. The van der Waals surface area contributed by atoms with Crippen LogP contribution in [-0.4, -0.2) is 43.5 Å². The molecule has 1 amide bonds. The molecule has 0 radical (unpaired) electrons. The van der Waals surface area contributed by atoms with Gasteiger partial charge in [-0.2, -0.15) is 0 Å². The van der Waals surface area contributed by atoms with Gasteiger partial charge in [-0.05, 0) is 53.4 Å². The highest BCUT2D eigenvalue weighted by atomic mass is 16.1. The second kappa shape index (κ2) is 6.80. The van der Waals surface area contributed by atoms with Gasteiger partial charge in [0.15, 0.2) is 0 Å². The maximum absolute atomic E-state index is 11.2. The third-order valence-electron chi connectivity index (χ3n) is 3.10. The van der Waals surface area contributed by atoms with Gasteiger partial charge in [0.1, 0.15) is 0 Å². The van der Waals surface area contributed by atoms with Gasteiger partial charge in [-0.1, -0.05) is 6.92 Å². The fourth-order valence-corrected chi connectivity index (χ4v) is 1.39. The van der Waals surface area contributed by atoms with Crippen molar-refractivity contribution in [2.75, 3.05) is 27.2 Å². The van der Waals surface area contributed by atoms with Crippen LogP contribution >= 0.6 is 0 Å². The van der Waals surface area contributed by atoms with E-state index in [4.69, 9.17) is 5.73 Å². The van der Waals surface area contributed by atoms with E-state index in [1.54, 1.807) is 7.05 Å². The standard InChI is InChI=1S/C11H25N3O/c1-5-14(4)9-7-6-8-11(2,13-3)10(12)15/h13H,5-9H2,1-4H3,(H2,12,15). The monoisotopic (exact) mass is 215 g/mol. The lowest BCUT2D eigenvalue weighted by molar-refractivity contribution is -0.123. The molecular weight excluding hydrogens is 190 g/mol. The molecule has 0 saturated carbocycles. The molecule has 1 unspecified atom stereocenters. The van der Waals surface area contributed by atoms with E-state index in [9.17, 15) is 4.79 Å². The molecule has 90 valence electrons. The highest BCUT2D eigenvalue weighted by Crippen LogP contribution is 2.12. The van der Waals surface area contributed by atoms with Crippen LogP contribution in [-0.2, 0) is 4.79 Å². The largest absolute Gasteiger partial charge is 0.368 e. The van der Waals surface area contributed by atoms with Crippen molar-refractivity contribution in [2.45, 2.75) is 38.6 Å². The molecule has 0 rings (SSSR count). The first kappa shape index (κ1) is 14.4. The van der Waals surface area contributed by atoms with Crippen LogP contribution < -0.4 is 11.1 Å². The molecule has 0 aromatic rings. The van der Waals surface area contributed by atoms with E-state index in [2.05, 4.69) is 24.2 Å². The maximum atomic E-state index is 11.2. The first-order valence-corrected chi connectivity index (χ1v) is 5.63. The van der Waals surface area contributed by atoms with E-state index in [1.807, 2.05) is 6.92 Å². The third-order valence-corrected chi connectivity index (χ3v) is 3.10. The summed E-state index contributed by atoms with van der Waals surface area (Å²) in [5.41, 5.74) is 4.79. The molecule has 4 heteroatoms. The lowest BCUT2D eigenvalue weighted by Gasteiger charge is -2.25. The Bertz CT molecular complexity index is 196. The molecule has 0 aliphatic rings. The maximum Gasteiger partial charge on any atom is 0.237 e. The Balaban J connectivity index is 3.78. The SMILES string of the molecule is CCN(C)CCCCC(C)(NC)C(N)=O. The Morgan fingerprint density at radius 3 is 2.47 bits per heavy atom. The predicted octanol–water partition coefficient (Wildman–Crippen LogP) is 0.572. The van der Waals surface area contributed by atoms with E-state index in [0.717, 1.165) is 32.4 Å². The molecule has 0 aromatic carbocycles. The minimum atomic E-state index is -0.551. The molecule has 0 bridgehead atoms. The lowest BCUT2D eigenvalue weighted by atomic mass is 9.94. The van der Waals surface area contributed by atoms with Crippen LogP contribution in [0.1, 0.15) is 33.1 Å². The molecule has 0 saturated heterocycles. The average molecular weight is 215 g/mol. The topological polar surface area (TPSA) is 58.4 Å². The van der Waals surface area contributed by atoms with Crippen molar-refractivity contribution in [3.8, 4) is 0 Å². The summed E-state index contributed by atoms with van der Waals surface area (Å²) in [5.74, 6) is -0.270. The number of nitrogens with one attached hydrogen (secondary N) is 1. The summed E-state index contributed by atoms with van der Waals surface area (Å²) >= 11 is 0. The van der Waals surface area contributed by atoms with Crippen LogP contribution in [0.3, 0.4) is 0 Å². The molecule has 0 aliphatic carbocycles. The Morgan fingerprint density at radius 1 is 1.47 bits per heavy atom. The van der Waals surface area contributed by atoms with Crippen molar-refractivity contribution in [2.24, 2.45) is 5.73 Å². The summed E-state index contributed by atoms with van der Waals surface area (Å²) in [4.78, 5) is 13.5. The molecule has 3 N–H and O–H groups in total. The van der Waals surface area contributed by atoms with Crippen molar-refractivity contribution in [3.05, 3.63) is 0 Å². The molecule has 15 heavy (non-hydrogen) atoms. The molecule has 0 aliphatic heterocycles. The van der Waals surface area contributed by atoms with Crippen LogP contribution in [0.2, 0.25) is 0 Å². The van der Waals surface area contributed by atoms with E-state index < -0.39 is 5.54 Å². The second-order valence-corrected chi connectivity index (χ2v) is 4.30. The number of likely N-dealkylation sites (N-methyl/N-ethyl adjacent to an activating group) is 1. The Hall–Kier alpha value is -0.610. The summed E-state index contributed by atoms with van der Waals surface area (Å²) in [6.45, 7) is 6.15. The van der Waals surface area contributed by atoms with Crippen LogP contribution in [0.15, 0.2) is 0 Å². The zero-order chi connectivity index (χ0) is 11.9. The van der Waals surface area contributed by atoms with Crippen molar-refractivity contribution >= 4 is 5.91 Å². The highest BCUT2D eigenvalue weighted by molar-refractivity contribution is 5.84. The Morgan fingerprint density at radius 2 is 2.07 bits per heavy atom. The number of primary amides is 1. The quantitative estimate of drug-likeness (QED) is 0.582. The number of amides is 1. The molecule has 0 aromatic heterocycles. The average Bonchev–Trinajstić information content (AvgIpc) is 2.23. The van der Waals surface area contributed by atoms with Crippen LogP contribution in [0.4, 0.5) is 0 Å². The van der Waals surface area contributed by atoms with Crippen LogP contribution in [0.5, 0.6) is 0 Å². The van der Waals surface area contributed by atoms with Gasteiger partial charge in [-0.15, -0.1) is 0 Å². The lowest BCUT2D eigenvalue weighted by Crippen LogP contribution is -2.51. The minimum absolute atomic E-state index is 0.270. The first-order chi connectivity index (χ1) is 6.96. The summed E-state index contributed by atoms with van der Waals surface area (Å²) in [5, 5.41) is 2.99. The van der Waals surface area contributed by atoms with Gasteiger partial charge < -0.3 is 16.0 Å². The molecule has 0 heterocycles. The van der Waals surface area contributed by atoms with E-state index >= 15 is 0 Å². The fraction of sp³-hybridized carbons (Fsp3) is 0.909. The fourth-order valence-electron chi connectivity index (χ4n) is 1.39. The van der Waals surface area contributed by atoms with Gasteiger partial charge in [-0.25, -0.2) is 0 Å². The summed E-state index contributed by atoms with van der Waals surface area (Å²) in [7, 11) is 3.88. The number of carbonyl (C=O) groups is 1. The van der Waals surface area contributed by atoms with Crippen molar-refractivity contribution in [1.82, 2.24) is 10.2 Å². The first-order valence-electron chi connectivity index (χ1n) is 5.63. The highest BCUT2D eigenvalue weighted by Gasteiger charge is 2.27. The Labute approximate surface area is 93.2 Å². The van der Waals surface area contributed by atoms with Crippen LogP contribution in [0, 0.1) is 0 Å². The third kappa shape index (κ3) is 5.14. The number of rotatable bonds is 8. The molecule has 4 nitrogen and oxygen atoms in total. The molecule has 0 fully saturated rings. The summed E-state index contributed by atoms with van der Waals surface area (Å²) < 4.78 is 0. The number of nitrogens with two attached hydrogens (primary N) is 1. The smallest absolute Gasteiger partial charge is 0.237 e. The minimum Gasteiger partial charge on any atom is -0.368 e. The number of unbranched alkanes of at least 4 members (excludes halogenated alkanes) is 1. The molecule has 0 spiro atoms. The van der Waals surface area contributed by atoms with Crippen molar-refractivity contribution in [3.63, 3.8) is 0 Å². The Kier molecular flexibility index (Phi) is 6.52. The van der Waals surface area contributed by atoms with Crippen molar-refractivity contribution < 1.29 is 4.79 Å². The number of carbonyl (C=O) groups excluding carboxylic acids is 1. The van der Waals surface area contributed by atoms with Gasteiger partial charge in [0, 0.05) is 0 Å². The van der Waals surface area contributed by atoms with Gasteiger partial charge >= 0.3 is 0 Å². The van der Waals surface area contributed by atoms with E-state index in [-0.39, 0.29) is 5.91 Å². The zero-order valence-corrected chi connectivity index (χ0v) is 10.5. The number of nitrogens with zero attached hydrogens (tertiary/aromatic N) is 1. The van der Waals surface area contributed by atoms with Crippen molar-refractivity contribution in [1.29, 1.82) is 0 Å². The second-order valence-electron chi connectivity index (χ2n) is 4.30.